The van der Waals surface area contributed by atoms with Gasteiger partial charge in [-0.25, -0.2) is 4.79 Å². The van der Waals surface area contributed by atoms with Gasteiger partial charge in [-0.3, -0.25) is 0 Å². The van der Waals surface area contributed by atoms with Crippen LogP contribution in [0.2, 0.25) is 5.04 Å². The van der Waals surface area contributed by atoms with E-state index in [2.05, 4.69) is 88.4 Å². The summed E-state index contributed by atoms with van der Waals surface area (Å²) >= 11 is 0. The summed E-state index contributed by atoms with van der Waals surface area (Å²) in [7, 11) is -2.58. The Morgan fingerprint density at radius 2 is 1.56 bits per heavy atom. The van der Waals surface area contributed by atoms with Crippen molar-refractivity contribution in [3.8, 4) is 0 Å². The number of hydrogen-bond acceptors (Lipinski definition) is 4. The molecule has 1 saturated carbocycles. The van der Waals surface area contributed by atoms with Crippen LogP contribution in [0.15, 0.2) is 60.7 Å². The molecule has 1 aliphatic carbocycles. The van der Waals surface area contributed by atoms with E-state index >= 15 is 0 Å². The summed E-state index contributed by atoms with van der Waals surface area (Å²) in [5.41, 5.74) is -0.475. The zero-order valence-electron chi connectivity index (χ0n) is 23.0. The highest BCUT2D eigenvalue weighted by Crippen LogP contribution is 2.56. The average molecular weight is 510 g/mol. The topological polar surface area (TPSA) is 48.0 Å². The molecule has 1 heterocycles. The van der Waals surface area contributed by atoms with E-state index < -0.39 is 13.9 Å². The molecule has 0 aromatic heterocycles. The van der Waals surface area contributed by atoms with Crippen LogP contribution in [0.3, 0.4) is 0 Å². The minimum Gasteiger partial charge on any atom is -0.444 e. The lowest BCUT2D eigenvalue weighted by molar-refractivity contribution is -0.0552. The van der Waals surface area contributed by atoms with Crippen LogP contribution in [0.25, 0.3) is 0 Å². The second kappa shape index (κ2) is 9.96. The van der Waals surface area contributed by atoms with Crippen LogP contribution < -0.4 is 10.4 Å². The summed E-state index contributed by atoms with van der Waals surface area (Å²) in [6.45, 7) is 17.4. The maximum Gasteiger partial charge on any atom is 0.410 e. The van der Waals surface area contributed by atoms with Crippen molar-refractivity contribution in [2.45, 2.75) is 71.6 Å². The number of amides is 1. The van der Waals surface area contributed by atoms with Crippen LogP contribution in [0, 0.1) is 11.3 Å². The smallest absolute Gasteiger partial charge is 0.410 e. The molecule has 5 nitrogen and oxygen atoms in total. The summed E-state index contributed by atoms with van der Waals surface area (Å²) in [6, 6.07) is 21.6. The monoisotopic (exact) mass is 509 g/mol. The number of benzene rings is 2. The number of morpholine rings is 1. The lowest BCUT2D eigenvalue weighted by Gasteiger charge is -2.44. The van der Waals surface area contributed by atoms with Crippen LogP contribution in [0.4, 0.5) is 4.79 Å². The molecule has 0 bridgehead atoms. The van der Waals surface area contributed by atoms with Gasteiger partial charge < -0.3 is 18.8 Å². The number of nitrogens with zero attached hydrogens (tertiary/aromatic N) is 1. The van der Waals surface area contributed by atoms with Crippen molar-refractivity contribution in [2.75, 3.05) is 26.3 Å². The second-order valence-corrected chi connectivity index (χ2v) is 17.1. The van der Waals surface area contributed by atoms with E-state index in [1.54, 1.807) is 4.90 Å². The molecule has 2 unspecified atom stereocenters. The molecule has 2 aromatic carbocycles. The van der Waals surface area contributed by atoms with Crippen molar-refractivity contribution >= 4 is 24.8 Å². The van der Waals surface area contributed by atoms with E-state index in [-0.39, 0.29) is 22.7 Å². The van der Waals surface area contributed by atoms with Crippen molar-refractivity contribution in [3.63, 3.8) is 0 Å². The molecule has 0 spiro atoms. The Morgan fingerprint density at radius 3 is 2.06 bits per heavy atom. The Labute approximate surface area is 218 Å². The van der Waals surface area contributed by atoms with Gasteiger partial charge in [0.25, 0.3) is 8.32 Å². The highest BCUT2D eigenvalue weighted by atomic mass is 28.4. The highest BCUT2D eigenvalue weighted by Gasteiger charge is 2.58. The van der Waals surface area contributed by atoms with Gasteiger partial charge in [0.1, 0.15) is 5.60 Å². The minimum atomic E-state index is -2.58. The fourth-order valence-corrected chi connectivity index (χ4v) is 10.3. The van der Waals surface area contributed by atoms with E-state index in [1.807, 2.05) is 20.8 Å². The molecule has 1 saturated heterocycles. The summed E-state index contributed by atoms with van der Waals surface area (Å²) in [6.07, 6.45) is 0.804. The fourth-order valence-electron chi connectivity index (χ4n) is 5.64. The Hall–Kier alpha value is -2.15. The number of ether oxygens (including phenoxy) is 2. The molecule has 4 rings (SSSR count). The highest BCUT2D eigenvalue weighted by molar-refractivity contribution is 6.99. The maximum atomic E-state index is 12.7. The third-order valence-electron chi connectivity index (χ3n) is 7.65. The summed E-state index contributed by atoms with van der Waals surface area (Å²) in [5, 5.41) is 2.55. The quantitative estimate of drug-likeness (QED) is 0.501. The Bertz CT molecular complexity index is 991. The summed E-state index contributed by atoms with van der Waals surface area (Å²) in [4.78, 5) is 14.5. The van der Waals surface area contributed by atoms with E-state index in [0.717, 1.165) is 6.42 Å². The molecule has 0 radical (unpaired) electrons. The van der Waals surface area contributed by atoms with Gasteiger partial charge in [0.05, 0.1) is 19.3 Å². The van der Waals surface area contributed by atoms with Crippen LogP contribution in [-0.2, 0) is 13.9 Å². The first-order valence-corrected chi connectivity index (χ1v) is 15.1. The number of carbonyl (C=O) groups is 1. The van der Waals surface area contributed by atoms with Crippen molar-refractivity contribution in [1.82, 2.24) is 4.90 Å². The largest absolute Gasteiger partial charge is 0.444 e. The third kappa shape index (κ3) is 5.56. The first-order valence-electron chi connectivity index (χ1n) is 13.2. The van der Waals surface area contributed by atoms with E-state index in [1.165, 1.54) is 10.4 Å². The second-order valence-electron chi connectivity index (χ2n) is 12.8. The molecule has 2 aromatic rings. The average Bonchev–Trinajstić information content (AvgIpc) is 3.50. The Morgan fingerprint density at radius 1 is 1.00 bits per heavy atom. The van der Waals surface area contributed by atoms with Gasteiger partial charge in [0, 0.05) is 13.2 Å². The Balaban J connectivity index is 1.53. The first kappa shape index (κ1) is 26.9. The Kier molecular flexibility index (Phi) is 7.44. The van der Waals surface area contributed by atoms with Gasteiger partial charge in [-0.15, -0.1) is 0 Å². The molecular weight excluding hydrogens is 466 g/mol. The maximum absolute atomic E-state index is 12.7. The van der Waals surface area contributed by atoms with Crippen LogP contribution in [0.1, 0.15) is 54.9 Å². The van der Waals surface area contributed by atoms with E-state index in [9.17, 15) is 4.79 Å². The first-order chi connectivity index (χ1) is 16.9. The zero-order chi connectivity index (χ0) is 26.2. The number of hydrogen-bond donors (Lipinski definition) is 0. The predicted molar refractivity (Wildman–Crippen MR) is 147 cm³/mol. The van der Waals surface area contributed by atoms with Crippen LogP contribution >= 0.6 is 0 Å². The minimum absolute atomic E-state index is 0.0130. The zero-order valence-corrected chi connectivity index (χ0v) is 24.0. The van der Waals surface area contributed by atoms with E-state index in [4.69, 9.17) is 13.9 Å². The lowest BCUT2D eigenvalue weighted by Crippen LogP contribution is -2.67. The lowest BCUT2D eigenvalue weighted by atomic mass is 10.0. The van der Waals surface area contributed by atoms with E-state index in [0.29, 0.717) is 32.2 Å². The van der Waals surface area contributed by atoms with Gasteiger partial charge in [-0.2, -0.15) is 0 Å². The molecule has 6 heteroatoms. The third-order valence-corrected chi connectivity index (χ3v) is 12.6. The van der Waals surface area contributed by atoms with Gasteiger partial charge in [0.15, 0.2) is 0 Å². The van der Waals surface area contributed by atoms with Gasteiger partial charge in [-0.1, -0.05) is 88.4 Å². The predicted octanol–water partition coefficient (Wildman–Crippen LogP) is 5.23. The van der Waals surface area contributed by atoms with Gasteiger partial charge in [-0.05, 0) is 53.9 Å². The summed E-state index contributed by atoms with van der Waals surface area (Å²) in [5.74, 6) is 0.362. The van der Waals surface area contributed by atoms with Crippen molar-refractivity contribution in [3.05, 3.63) is 60.7 Å². The summed E-state index contributed by atoms with van der Waals surface area (Å²) < 4.78 is 19.0. The molecule has 2 fully saturated rings. The van der Waals surface area contributed by atoms with Crippen molar-refractivity contribution in [2.24, 2.45) is 11.3 Å². The number of rotatable bonds is 6. The standard InChI is InChI=1S/C30H43NO4Si/c1-28(2,3)35-27(32)31-18-19-33-26(21-31)25-20-30(25,7)22-34-36(29(4,5)6,23-14-10-8-11-15-23)24-16-12-9-13-17-24/h8-17,25-26H,18-22H2,1-7H3/t25?,26-,30?/m1/s1. The van der Waals surface area contributed by atoms with Crippen LogP contribution in [0.5, 0.6) is 0 Å². The van der Waals surface area contributed by atoms with Gasteiger partial charge in [0.2, 0.25) is 0 Å². The SMILES string of the molecule is CC(C)(C)OC(=O)N1CCO[C@@H](C2CC2(C)CO[Si](c2ccccc2)(c2ccccc2)C(C)(C)C)C1. The van der Waals surface area contributed by atoms with Crippen molar-refractivity contribution in [1.29, 1.82) is 0 Å². The number of carbonyl (C=O) groups excluding carboxylic acids is 1. The fraction of sp³-hybridized carbons (Fsp3) is 0.567. The molecule has 196 valence electrons. The normalized spacial score (nSPS) is 24.9. The molecule has 36 heavy (non-hydrogen) atoms. The molecular formula is C30H43NO4Si. The molecule has 3 atom stereocenters. The van der Waals surface area contributed by atoms with Gasteiger partial charge >= 0.3 is 6.09 Å². The molecule has 1 aliphatic heterocycles. The molecule has 0 N–H and O–H groups in total. The molecule has 2 aliphatic rings. The van der Waals surface area contributed by atoms with Crippen LogP contribution in [-0.4, -0.2) is 57.3 Å². The molecule has 1 amide bonds. The van der Waals surface area contributed by atoms with Crippen molar-refractivity contribution < 1.29 is 18.7 Å².